The lowest BCUT2D eigenvalue weighted by atomic mass is 10.2. The summed E-state index contributed by atoms with van der Waals surface area (Å²) < 4.78 is 5.31. The van der Waals surface area contributed by atoms with E-state index >= 15 is 0 Å². The molecule has 7 heteroatoms. The Morgan fingerprint density at radius 1 is 1.17 bits per heavy atom. The van der Waals surface area contributed by atoms with Gasteiger partial charge >= 0.3 is 0 Å². The fourth-order valence-electron chi connectivity index (χ4n) is 1.88. The summed E-state index contributed by atoms with van der Waals surface area (Å²) in [5.74, 6) is 0.233. The molecule has 0 atom stereocenters. The van der Waals surface area contributed by atoms with Crippen LogP contribution in [-0.4, -0.2) is 17.9 Å². The SMILES string of the molecule is CCOc1cc(/C=N/NCc2c(Cl)cccc2Cl)cc(Cl)c1O. The summed E-state index contributed by atoms with van der Waals surface area (Å²) in [6, 6.07) is 8.56. The van der Waals surface area contributed by atoms with E-state index in [9.17, 15) is 5.11 Å². The zero-order chi connectivity index (χ0) is 16.8. The molecule has 2 aromatic rings. The van der Waals surface area contributed by atoms with Crippen molar-refractivity contribution < 1.29 is 9.84 Å². The van der Waals surface area contributed by atoms with Crippen molar-refractivity contribution in [2.45, 2.75) is 13.5 Å². The number of rotatable bonds is 6. The van der Waals surface area contributed by atoms with E-state index < -0.39 is 0 Å². The molecule has 0 aliphatic carbocycles. The lowest BCUT2D eigenvalue weighted by Crippen LogP contribution is -2.06. The van der Waals surface area contributed by atoms with Gasteiger partial charge < -0.3 is 15.3 Å². The number of aromatic hydroxyl groups is 1. The van der Waals surface area contributed by atoms with Crippen LogP contribution < -0.4 is 10.2 Å². The normalized spacial score (nSPS) is 11.0. The van der Waals surface area contributed by atoms with E-state index in [-0.39, 0.29) is 10.8 Å². The first-order chi connectivity index (χ1) is 11.0. The Kier molecular flexibility index (Phi) is 6.39. The molecule has 0 saturated heterocycles. The zero-order valence-corrected chi connectivity index (χ0v) is 14.6. The smallest absolute Gasteiger partial charge is 0.176 e. The number of hydrogen-bond acceptors (Lipinski definition) is 4. The molecule has 4 nitrogen and oxygen atoms in total. The highest BCUT2D eigenvalue weighted by Gasteiger charge is 2.08. The van der Waals surface area contributed by atoms with Gasteiger partial charge in [-0.25, -0.2) is 0 Å². The van der Waals surface area contributed by atoms with Gasteiger partial charge in [-0.05, 0) is 36.8 Å². The van der Waals surface area contributed by atoms with Crippen molar-refractivity contribution in [3.8, 4) is 11.5 Å². The topological polar surface area (TPSA) is 53.8 Å². The first-order valence-electron chi connectivity index (χ1n) is 6.87. The minimum atomic E-state index is -0.0820. The van der Waals surface area contributed by atoms with Crippen molar-refractivity contribution in [1.82, 2.24) is 5.43 Å². The fraction of sp³-hybridized carbons (Fsp3) is 0.188. The average Bonchev–Trinajstić information content (AvgIpc) is 2.51. The van der Waals surface area contributed by atoms with E-state index in [0.29, 0.717) is 34.5 Å². The molecule has 0 heterocycles. The summed E-state index contributed by atoms with van der Waals surface area (Å²) in [6.07, 6.45) is 1.57. The standard InChI is InChI=1S/C16H15Cl3N2O2/c1-2-23-15-7-10(6-14(19)16(15)22)8-20-21-9-11-12(17)4-3-5-13(11)18/h3-8,21-22H,2,9H2,1H3/b20-8+. The molecule has 2 rings (SSSR count). The third-order valence-corrected chi connectivity index (χ3v) is 3.97. The molecule has 0 radical (unpaired) electrons. The molecular formula is C16H15Cl3N2O2. The van der Waals surface area contributed by atoms with E-state index in [1.807, 2.05) is 6.92 Å². The lowest BCUT2D eigenvalue weighted by molar-refractivity contribution is 0.318. The van der Waals surface area contributed by atoms with Gasteiger partial charge in [0.15, 0.2) is 11.5 Å². The second-order valence-electron chi connectivity index (χ2n) is 4.58. The van der Waals surface area contributed by atoms with Crippen LogP contribution in [0.4, 0.5) is 0 Å². The number of halogens is 3. The molecule has 2 N–H and O–H groups in total. The average molecular weight is 374 g/mol. The monoisotopic (exact) mass is 372 g/mol. The van der Waals surface area contributed by atoms with Crippen LogP contribution in [0.3, 0.4) is 0 Å². The summed E-state index contributed by atoms with van der Waals surface area (Å²) in [6.45, 7) is 2.63. The van der Waals surface area contributed by atoms with Crippen molar-refractivity contribution in [2.75, 3.05) is 6.61 Å². The van der Waals surface area contributed by atoms with Crippen molar-refractivity contribution in [3.63, 3.8) is 0 Å². The Balaban J connectivity index is 2.06. The maximum absolute atomic E-state index is 9.79. The summed E-state index contributed by atoms with van der Waals surface area (Å²) in [7, 11) is 0. The number of phenolic OH excluding ortho intramolecular Hbond substituents is 1. The van der Waals surface area contributed by atoms with Gasteiger partial charge in [-0.15, -0.1) is 0 Å². The molecular weight excluding hydrogens is 359 g/mol. The molecule has 0 fully saturated rings. The summed E-state index contributed by atoms with van der Waals surface area (Å²) in [4.78, 5) is 0. The highest BCUT2D eigenvalue weighted by molar-refractivity contribution is 6.36. The number of nitrogens with zero attached hydrogens (tertiary/aromatic N) is 1. The third-order valence-electron chi connectivity index (χ3n) is 2.97. The summed E-state index contributed by atoms with van der Waals surface area (Å²) in [5, 5.41) is 15.2. The molecule has 0 bridgehead atoms. The Labute approximate surface area is 149 Å². The predicted octanol–water partition coefficient (Wildman–Crippen LogP) is 4.87. The maximum atomic E-state index is 9.79. The van der Waals surface area contributed by atoms with Gasteiger partial charge in [0.05, 0.1) is 24.4 Å². The van der Waals surface area contributed by atoms with E-state index in [4.69, 9.17) is 39.5 Å². The van der Waals surface area contributed by atoms with Gasteiger partial charge in [-0.1, -0.05) is 40.9 Å². The highest BCUT2D eigenvalue weighted by Crippen LogP contribution is 2.34. The van der Waals surface area contributed by atoms with E-state index in [0.717, 1.165) is 5.56 Å². The van der Waals surface area contributed by atoms with E-state index in [2.05, 4.69) is 10.5 Å². The molecule has 23 heavy (non-hydrogen) atoms. The maximum Gasteiger partial charge on any atom is 0.176 e. The van der Waals surface area contributed by atoms with Crippen molar-refractivity contribution in [2.24, 2.45) is 5.10 Å². The van der Waals surface area contributed by atoms with Crippen LogP contribution in [0.1, 0.15) is 18.1 Å². The van der Waals surface area contributed by atoms with E-state index in [1.165, 1.54) is 0 Å². The molecule has 0 aromatic heterocycles. The fourth-order valence-corrected chi connectivity index (χ4v) is 2.63. The van der Waals surface area contributed by atoms with Gasteiger partial charge in [0.25, 0.3) is 0 Å². The Bertz CT molecular complexity index is 700. The first kappa shape index (κ1) is 17.7. The van der Waals surface area contributed by atoms with Crippen LogP contribution in [0.5, 0.6) is 11.5 Å². The lowest BCUT2D eigenvalue weighted by Gasteiger charge is -2.08. The zero-order valence-electron chi connectivity index (χ0n) is 12.3. The molecule has 0 aliphatic heterocycles. The molecule has 0 unspecified atom stereocenters. The number of hydrazone groups is 1. The van der Waals surface area contributed by atoms with Crippen LogP contribution in [0, 0.1) is 0 Å². The van der Waals surface area contributed by atoms with Gasteiger partial charge in [0, 0.05) is 15.6 Å². The van der Waals surface area contributed by atoms with Gasteiger partial charge in [-0.2, -0.15) is 5.10 Å². The summed E-state index contributed by atoms with van der Waals surface area (Å²) >= 11 is 18.1. The van der Waals surface area contributed by atoms with Crippen LogP contribution in [0.15, 0.2) is 35.4 Å². The molecule has 0 spiro atoms. The number of phenols is 1. The Hall–Kier alpha value is -1.62. The van der Waals surface area contributed by atoms with Gasteiger partial charge in [-0.3, -0.25) is 0 Å². The van der Waals surface area contributed by atoms with Gasteiger partial charge in [0.2, 0.25) is 0 Å². The Morgan fingerprint density at radius 2 is 1.87 bits per heavy atom. The summed E-state index contributed by atoms with van der Waals surface area (Å²) in [5.41, 5.74) is 4.33. The number of benzene rings is 2. The number of hydrogen-bond donors (Lipinski definition) is 2. The molecule has 122 valence electrons. The predicted molar refractivity (Wildman–Crippen MR) is 95.2 cm³/mol. The minimum Gasteiger partial charge on any atom is -0.503 e. The van der Waals surface area contributed by atoms with Gasteiger partial charge in [0.1, 0.15) is 0 Å². The van der Waals surface area contributed by atoms with Crippen LogP contribution >= 0.6 is 34.8 Å². The second-order valence-corrected chi connectivity index (χ2v) is 5.80. The van der Waals surface area contributed by atoms with E-state index in [1.54, 1.807) is 36.5 Å². The van der Waals surface area contributed by atoms with Crippen LogP contribution in [0.25, 0.3) is 0 Å². The molecule has 0 aliphatic rings. The molecule has 0 amide bonds. The first-order valence-corrected chi connectivity index (χ1v) is 8.00. The Morgan fingerprint density at radius 3 is 2.52 bits per heavy atom. The van der Waals surface area contributed by atoms with Crippen LogP contribution in [0.2, 0.25) is 15.1 Å². The largest absolute Gasteiger partial charge is 0.503 e. The van der Waals surface area contributed by atoms with Crippen molar-refractivity contribution in [3.05, 3.63) is 56.5 Å². The molecule has 0 saturated carbocycles. The van der Waals surface area contributed by atoms with Crippen molar-refractivity contribution >= 4 is 41.0 Å². The quantitative estimate of drug-likeness (QED) is 0.561. The van der Waals surface area contributed by atoms with Crippen LogP contribution in [-0.2, 0) is 6.54 Å². The van der Waals surface area contributed by atoms with Crippen molar-refractivity contribution in [1.29, 1.82) is 0 Å². The number of ether oxygens (including phenoxy) is 1. The molecule has 2 aromatic carbocycles. The number of nitrogens with one attached hydrogen (secondary N) is 1. The minimum absolute atomic E-state index is 0.0820. The second kappa shape index (κ2) is 8.29. The highest BCUT2D eigenvalue weighted by atomic mass is 35.5. The third kappa shape index (κ3) is 4.67.